The number of nitrogens with zero attached hydrogens (tertiary/aromatic N) is 1. The molecular formula is C14H10FNO3S. The van der Waals surface area contributed by atoms with Crippen LogP contribution >= 0.6 is 0 Å². The van der Waals surface area contributed by atoms with Gasteiger partial charge in [-0.05, 0) is 36.4 Å². The maximum Gasteiger partial charge on any atom is 0.175 e. The topological polar surface area (TPSA) is 67.2 Å². The van der Waals surface area contributed by atoms with E-state index in [1.54, 1.807) is 6.07 Å². The lowest BCUT2D eigenvalue weighted by atomic mass is 10.2. The lowest BCUT2D eigenvalue weighted by Crippen LogP contribution is -1.96. The smallest absolute Gasteiger partial charge is 0.175 e. The molecule has 2 rings (SSSR count). The van der Waals surface area contributed by atoms with Gasteiger partial charge in [0, 0.05) is 12.3 Å². The van der Waals surface area contributed by atoms with Crippen molar-refractivity contribution in [2.45, 2.75) is 4.90 Å². The maximum atomic E-state index is 13.1. The van der Waals surface area contributed by atoms with Crippen LogP contribution in [0.1, 0.15) is 5.56 Å². The van der Waals surface area contributed by atoms with E-state index in [2.05, 4.69) is 0 Å². The van der Waals surface area contributed by atoms with Crippen molar-refractivity contribution < 1.29 is 17.5 Å². The number of hydrogen-bond acceptors (Lipinski definition) is 4. The minimum absolute atomic E-state index is 0.116. The van der Waals surface area contributed by atoms with E-state index in [1.165, 1.54) is 36.4 Å². The molecule has 102 valence electrons. The molecule has 0 spiro atoms. The Morgan fingerprint density at radius 3 is 2.25 bits per heavy atom. The van der Waals surface area contributed by atoms with Crippen LogP contribution in [0.3, 0.4) is 0 Å². The number of ether oxygens (including phenoxy) is 1. The van der Waals surface area contributed by atoms with Crippen LogP contribution in [0.5, 0.6) is 11.5 Å². The maximum absolute atomic E-state index is 13.1. The normalized spacial score (nSPS) is 10.8. The molecule has 6 heteroatoms. The first-order chi connectivity index (χ1) is 9.40. The summed E-state index contributed by atoms with van der Waals surface area (Å²) >= 11 is 0. The van der Waals surface area contributed by atoms with E-state index in [-0.39, 0.29) is 10.5 Å². The second kappa shape index (κ2) is 5.31. The van der Waals surface area contributed by atoms with Crippen molar-refractivity contribution in [3.63, 3.8) is 0 Å². The van der Waals surface area contributed by atoms with Crippen LogP contribution in [-0.4, -0.2) is 14.7 Å². The highest BCUT2D eigenvalue weighted by molar-refractivity contribution is 7.90. The lowest BCUT2D eigenvalue weighted by Gasteiger charge is -2.07. The molecule has 0 saturated heterocycles. The Morgan fingerprint density at radius 1 is 1.10 bits per heavy atom. The molecule has 0 N–H and O–H groups in total. The lowest BCUT2D eigenvalue weighted by molar-refractivity contribution is 0.479. The van der Waals surface area contributed by atoms with Gasteiger partial charge in [-0.1, -0.05) is 0 Å². The molecule has 0 aromatic heterocycles. The summed E-state index contributed by atoms with van der Waals surface area (Å²) in [4.78, 5) is 0.182. The van der Waals surface area contributed by atoms with Crippen molar-refractivity contribution >= 4 is 9.84 Å². The minimum atomic E-state index is -3.26. The Hall–Kier alpha value is -2.39. The molecule has 0 unspecified atom stereocenters. The van der Waals surface area contributed by atoms with Gasteiger partial charge in [0.05, 0.1) is 10.5 Å². The van der Waals surface area contributed by atoms with Gasteiger partial charge in [0.1, 0.15) is 23.4 Å². The number of nitriles is 1. The van der Waals surface area contributed by atoms with Crippen LogP contribution in [0.2, 0.25) is 0 Å². The van der Waals surface area contributed by atoms with Crippen LogP contribution in [0.4, 0.5) is 4.39 Å². The van der Waals surface area contributed by atoms with Gasteiger partial charge >= 0.3 is 0 Å². The van der Waals surface area contributed by atoms with Gasteiger partial charge in [0.2, 0.25) is 0 Å². The molecule has 0 fully saturated rings. The Labute approximate surface area is 116 Å². The Balaban J connectivity index is 2.25. The number of hydrogen-bond donors (Lipinski definition) is 0. The van der Waals surface area contributed by atoms with E-state index in [0.717, 1.165) is 12.3 Å². The van der Waals surface area contributed by atoms with E-state index in [4.69, 9.17) is 10.00 Å². The highest BCUT2D eigenvalue weighted by Crippen LogP contribution is 2.24. The summed E-state index contributed by atoms with van der Waals surface area (Å²) in [5, 5.41) is 8.72. The van der Waals surface area contributed by atoms with Gasteiger partial charge in [-0.2, -0.15) is 5.26 Å². The van der Waals surface area contributed by atoms with Gasteiger partial charge in [0.25, 0.3) is 0 Å². The fraction of sp³-hybridized carbons (Fsp3) is 0.0714. The molecule has 20 heavy (non-hydrogen) atoms. The molecule has 0 aliphatic heterocycles. The highest BCUT2D eigenvalue weighted by atomic mass is 32.2. The molecule has 4 nitrogen and oxygen atoms in total. The molecule has 2 aromatic carbocycles. The molecule has 0 radical (unpaired) electrons. The zero-order valence-corrected chi connectivity index (χ0v) is 11.3. The van der Waals surface area contributed by atoms with E-state index < -0.39 is 15.7 Å². The van der Waals surface area contributed by atoms with Gasteiger partial charge in [-0.15, -0.1) is 0 Å². The Morgan fingerprint density at radius 2 is 1.70 bits per heavy atom. The van der Waals surface area contributed by atoms with E-state index in [0.29, 0.717) is 11.5 Å². The molecule has 2 aromatic rings. The average molecular weight is 291 g/mol. The number of rotatable bonds is 3. The third-order valence-corrected chi connectivity index (χ3v) is 3.67. The number of halogens is 1. The number of sulfone groups is 1. The van der Waals surface area contributed by atoms with E-state index in [1.807, 2.05) is 0 Å². The first kappa shape index (κ1) is 14.0. The molecule has 0 aliphatic rings. The number of benzene rings is 2. The largest absolute Gasteiger partial charge is 0.457 e. The molecule has 0 bridgehead atoms. The first-order valence-electron chi connectivity index (χ1n) is 5.58. The van der Waals surface area contributed by atoms with Gasteiger partial charge < -0.3 is 4.74 Å². The van der Waals surface area contributed by atoms with Crippen molar-refractivity contribution in [1.82, 2.24) is 0 Å². The summed E-state index contributed by atoms with van der Waals surface area (Å²) in [6.45, 7) is 0. The first-order valence-corrected chi connectivity index (χ1v) is 7.47. The van der Waals surface area contributed by atoms with Crippen molar-refractivity contribution in [2.75, 3.05) is 6.26 Å². The SMILES string of the molecule is CS(=O)(=O)c1ccc(Oc2ccc(F)c(C#N)c2)cc1. The Bertz CT molecular complexity index is 777. The fourth-order valence-corrected chi connectivity index (χ4v) is 2.17. The Kier molecular flexibility index (Phi) is 3.72. The molecule has 0 aliphatic carbocycles. The monoisotopic (exact) mass is 291 g/mol. The zero-order valence-electron chi connectivity index (χ0n) is 10.5. The standard InChI is InChI=1S/C14H10FNO3S/c1-20(17,18)13-5-2-11(3-6-13)19-12-4-7-14(15)10(8-12)9-16/h2-8H,1H3. The summed E-state index contributed by atoms with van der Waals surface area (Å²) < 4.78 is 41.2. The van der Waals surface area contributed by atoms with Crippen LogP contribution in [0.25, 0.3) is 0 Å². The van der Waals surface area contributed by atoms with Crippen LogP contribution < -0.4 is 4.74 Å². The van der Waals surface area contributed by atoms with Gasteiger partial charge in [-0.3, -0.25) is 0 Å². The van der Waals surface area contributed by atoms with Crippen molar-refractivity contribution in [1.29, 1.82) is 5.26 Å². The molecular weight excluding hydrogens is 281 g/mol. The van der Waals surface area contributed by atoms with E-state index in [9.17, 15) is 12.8 Å². The van der Waals surface area contributed by atoms with Crippen molar-refractivity contribution in [3.8, 4) is 17.6 Å². The quantitative estimate of drug-likeness (QED) is 0.872. The molecule has 0 atom stereocenters. The molecule has 0 saturated carbocycles. The van der Waals surface area contributed by atoms with Gasteiger partial charge in [0.15, 0.2) is 9.84 Å². The average Bonchev–Trinajstić information content (AvgIpc) is 2.40. The zero-order chi connectivity index (χ0) is 14.8. The molecule has 0 heterocycles. The fourth-order valence-electron chi connectivity index (χ4n) is 1.54. The second-order valence-corrected chi connectivity index (χ2v) is 6.11. The summed E-state index contributed by atoms with van der Waals surface area (Å²) in [7, 11) is -3.26. The predicted octanol–water partition coefficient (Wildman–Crippen LogP) is 2.89. The van der Waals surface area contributed by atoms with Crippen LogP contribution in [-0.2, 0) is 9.84 Å². The summed E-state index contributed by atoms with van der Waals surface area (Å²) in [5.74, 6) is 0.0789. The van der Waals surface area contributed by atoms with Crippen molar-refractivity contribution in [3.05, 3.63) is 53.8 Å². The van der Waals surface area contributed by atoms with Crippen LogP contribution in [0, 0.1) is 17.1 Å². The summed E-state index contributed by atoms with van der Waals surface area (Å²) in [6, 6.07) is 11.3. The van der Waals surface area contributed by atoms with E-state index >= 15 is 0 Å². The van der Waals surface area contributed by atoms with Crippen LogP contribution in [0.15, 0.2) is 47.4 Å². The minimum Gasteiger partial charge on any atom is -0.457 e. The third kappa shape index (κ3) is 3.13. The highest BCUT2D eigenvalue weighted by Gasteiger charge is 2.08. The van der Waals surface area contributed by atoms with Gasteiger partial charge in [-0.25, -0.2) is 12.8 Å². The predicted molar refractivity (Wildman–Crippen MR) is 70.7 cm³/mol. The van der Waals surface area contributed by atoms with Crippen molar-refractivity contribution in [2.24, 2.45) is 0 Å². The summed E-state index contributed by atoms with van der Waals surface area (Å²) in [6.07, 6.45) is 1.11. The molecule has 0 amide bonds. The third-order valence-electron chi connectivity index (χ3n) is 2.55. The second-order valence-electron chi connectivity index (χ2n) is 4.10. The summed E-state index contributed by atoms with van der Waals surface area (Å²) in [5.41, 5.74) is -0.116.